The largest absolute Gasteiger partial charge is 0.354 e. The average molecular weight is 435 g/mol. The summed E-state index contributed by atoms with van der Waals surface area (Å²) in [6.07, 6.45) is 5.54. The van der Waals surface area contributed by atoms with Crippen molar-refractivity contribution in [3.05, 3.63) is 95.4 Å². The maximum atomic E-state index is 13.1. The van der Waals surface area contributed by atoms with Gasteiger partial charge in [-0.05, 0) is 56.1 Å². The van der Waals surface area contributed by atoms with E-state index in [4.69, 9.17) is 0 Å². The number of nitrogens with one attached hydrogen (secondary N) is 2. The van der Waals surface area contributed by atoms with E-state index in [1.54, 1.807) is 18.3 Å². The van der Waals surface area contributed by atoms with E-state index in [0.717, 1.165) is 29.0 Å². The highest BCUT2D eigenvalue weighted by atomic mass is 16.2. The molecule has 5 rings (SSSR count). The Morgan fingerprint density at radius 3 is 2.70 bits per heavy atom. The van der Waals surface area contributed by atoms with E-state index in [-0.39, 0.29) is 5.91 Å². The first-order valence-corrected chi connectivity index (χ1v) is 10.6. The van der Waals surface area contributed by atoms with Gasteiger partial charge in [-0.1, -0.05) is 18.2 Å². The number of hydrogen-bond donors (Lipinski definition) is 2. The van der Waals surface area contributed by atoms with Gasteiger partial charge < -0.3 is 19.9 Å². The second-order valence-corrected chi connectivity index (χ2v) is 8.24. The van der Waals surface area contributed by atoms with Crippen molar-refractivity contribution in [2.75, 3.05) is 24.7 Å². The molecular weight excluding hydrogens is 412 g/mol. The third kappa shape index (κ3) is 3.95. The van der Waals surface area contributed by atoms with Gasteiger partial charge in [-0.15, -0.1) is 0 Å². The molecule has 0 fully saturated rings. The van der Waals surface area contributed by atoms with E-state index in [9.17, 15) is 10.1 Å². The van der Waals surface area contributed by atoms with Crippen LogP contribution in [0.15, 0.2) is 73.2 Å². The number of nitriles is 1. The number of amides is 1. The summed E-state index contributed by atoms with van der Waals surface area (Å²) in [4.78, 5) is 19.6. The smallest absolute Gasteiger partial charge is 0.258 e. The standard InChI is InChI=1S/C26H22N6O/c1-31(2)16-17-3-6-20(7-4-17)29-25(19-9-11-32-12-10-28-23(32)14-19)24-21-8-5-18(15-27)13-22(21)30-26(24)33/h3-14,29H,16H2,1-2H3,(H,30,33)/b25-24-. The molecule has 0 spiro atoms. The minimum Gasteiger partial charge on any atom is -0.354 e. The van der Waals surface area contributed by atoms with Gasteiger partial charge in [-0.3, -0.25) is 4.79 Å². The zero-order valence-corrected chi connectivity index (χ0v) is 18.3. The molecule has 0 saturated heterocycles. The van der Waals surface area contributed by atoms with Crippen LogP contribution >= 0.6 is 0 Å². The summed E-state index contributed by atoms with van der Waals surface area (Å²) in [5.41, 5.74) is 6.81. The summed E-state index contributed by atoms with van der Waals surface area (Å²) in [6.45, 7) is 0.849. The number of carbonyl (C=O) groups is 1. The molecule has 1 aliphatic rings. The maximum absolute atomic E-state index is 13.1. The Morgan fingerprint density at radius 2 is 1.94 bits per heavy atom. The Labute approximate surface area is 191 Å². The van der Waals surface area contributed by atoms with Gasteiger partial charge in [0.2, 0.25) is 0 Å². The van der Waals surface area contributed by atoms with Crippen molar-refractivity contribution in [1.82, 2.24) is 14.3 Å². The second kappa shape index (κ2) is 8.26. The van der Waals surface area contributed by atoms with Crippen molar-refractivity contribution in [2.45, 2.75) is 6.54 Å². The zero-order chi connectivity index (χ0) is 22.9. The van der Waals surface area contributed by atoms with Crippen molar-refractivity contribution < 1.29 is 4.79 Å². The lowest BCUT2D eigenvalue weighted by molar-refractivity contribution is -0.110. The lowest BCUT2D eigenvalue weighted by atomic mass is 9.99. The number of hydrogen-bond acceptors (Lipinski definition) is 5. The van der Waals surface area contributed by atoms with Crippen LogP contribution in [-0.4, -0.2) is 34.3 Å². The highest BCUT2D eigenvalue weighted by molar-refractivity contribution is 6.37. The predicted octanol–water partition coefficient (Wildman–Crippen LogP) is 4.20. The van der Waals surface area contributed by atoms with Gasteiger partial charge >= 0.3 is 0 Å². The Hall–Kier alpha value is -4.41. The van der Waals surface area contributed by atoms with Gasteiger partial charge in [-0.25, -0.2) is 4.98 Å². The van der Waals surface area contributed by atoms with Gasteiger partial charge in [0.05, 0.1) is 28.6 Å². The van der Waals surface area contributed by atoms with E-state index in [1.165, 1.54) is 5.56 Å². The fourth-order valence-corrected chi connectivity index (χ4v) is 4.04. The van der Waals surface area contributed by atoms with Crippen molar-refractivity contribution in [1.29, 1.82) is 5.26 Å². The Balaban J connectivity index is 1.64. The van der Waals surface area contributed by atoms with Gasteiger partial charge in [-0.2, -0.15) is 5.26 Å². The SMILES string of the molecule is CN(C)Cc1ccc(N/C(=C2\C(=O)Nc3cc(C#N)ccc32)c2ccn3ccnc3c2)cc1. The molecule has 1 aliphatic heterocycles. The molecule has 0 bridgehead atoms. The monoisotopic (exact) mass is 434 g/mol. The Bertz CT molecular complexity index is 1440. The maximum Gasteiger partial charge on any atom is 0.258 e. The quantitative estimate of drug-likeness (QED) is 0.460. The average Bonchev–Trinajstić information content (AvgIpc) is 3.40. The van der Waals surface area contributed by atoms with Gasteiger partial charge in [0.1, 0.15) is 5.65 Å². The first-order chi connectivity index (χ1) is 16.0. The molecule has 3 heterocycles. The summed E-state index contributed by atoms with van der Waals surface area (Å²) < 4.78 is 1.92. The van der Waals surface area contributed by atoms with Crippen LogP contribution in [-0.2, 0) is 11.3 Å². The molecule has 4 aromatic rings. The van der Waals surface area contributed by atoms with Crippen molar-refractivity contribution in [3.63, 3.8) is 0 Å². The minimum absolute atomic E-state index is 0.213. The Morgan fingerprint density at radius 1 is 1.12 bits per heavy atom. The van der Waals surface area contributed by atoms with E-state index in [0.29, 0.717) is 22.5 Å². The molecule has 1 amide bonds. The predicted molar refractivity (Wildman–Crippen MR) is 129 cm³/mol. The van der Waals surface area contributed by atoms with Crippen LogP contribution in [0.3, 0.4) is 0 Å². The molecule has 7 heteroatoms. The van der Waals surface area contributed by atoms with E-state index in [2.05, 4.69) is 38.7 Å². The van der Waals surface area contributed by atoms with Gasteiger partial charge in [0.15, 0.2) is 0 Å². The van der Waals surface area contributed by atoms with Crippen LogP contribution in [0.2, 0.25) is 0 Å². The van der Waals surface area contributed by atoms with Crippen LogP contribution < -0.4 is 10.6 Å². The van der Waals surface area contributed by atoms with Crippen molar-refractivity contribution >= 4 is 34.2 Å². The number of imidazole rings is 1. The van der Waals surface area contributed by atoms with E-state index in [1.807, 2.05) is 61.2 Å². The molecule has 0 atom stereocenters. The topological polar surface area (TPSA) is 85.5 Å². The molecule has 0 unspecified atom stereocenters. The van der Waals surface area contributed by atoms with Crippen molar-refractivity contribution in [2.24, 2.45) is 0 Å². The minimum atomic E-state index is -0.213. The summed E-state index contributed by atoms with van der Waals surface area (Å²) in [7, 11) is 4.07. The van der Waals surface area contributed by atoms with Gasteiger partial charge in [0, 0.05) is 41.9 Å². The van der Waals surface area contributed by atoms with Crippen LogP contribution in [0, 0.1) is 11.3 Å². The first-order valence-electron chi connectivity index (χ1n) is 10.6. The lowest BCUT2D eigenvalue weighted by Gasteiger charge is -2.16. The number of aromatic nitrogens is 2. The molecule has 2 aromatic carbocycles. The molecule has 0 saturated carbocycles. The van der Waals surface area contributed by atoms with Gasteiger partial charge in [0.25, 0.3) is 5.91 Å². The zero-order valence-electron chi connectivity index (χ0n) is 18.3. The molecule has 7 nitrogen and oxygen atoms in total. The number of anilines is 2. The molecule has 162 valence electrons. The lowest BCUT2D eigenvalue weighted by Crippen LogP contribution is -2.11. The fraction of sp³-hybridized carbons (Fsp3) is 0.115. The number of nitrogens with zero attached hydrogens (tertiary/aromatic N) is 4. The van der Waals surface area contributed by atoms with Crippen LogP contribution in [0.1, 0.15) is 22.3 Å². The number of benzene rings is 2. The molecule has 33 heavy (non-hydrogen) atoms. The van der Waals surface area contributed by atoms with Crippen LogP contribution in [0.5, 0.6) is 0 Å². The molecule has 2 N–H and O–H groups in total. The number of fused-ring (bicyclic) bond motifs is 2. The molecule has 0 aliphatic carbocycles. The van der Waals surface area contributed by atoms with Crippen LogP contribution in [0.25, 0.3) is 16.9 Å². The molecular formula is C26H22N6O. The highest BCUT2D eigenvalue weighted by Crippen LogP contribution is 2.38. The highest BCUT2D eigenvalue weighted by Gasteiger charge is 2.29. The number of rotatable bonds is 5. The summed E-state index contributed by atoms with van der Waals surface area (Å²) in [5.74, 6) is -0.213. The fourth-order valence-electron chi connectivity index (χ4n) is 4.04. The normalized spacial score (nSPS) is 14.2. The first kappa shape index (κ1) is 20.5. The Kier molecular flexibility index (Phi) is 5.13. The number of carbonyl (C=O) groups excluding carboxylic acids is 1. The number of pyridine rings is 1. The van der Waals surface area contributed by atoms with E-state index >= 15 is 0 Å². The summed E-state index contributed by atoms with van der Waals surface area (Å²) in [5, 5.41) is 15.6. The molecule has 2 aromatic heterocycles. The summed E-state index contributed by atoms with van der Waals surface area (Å²) in [6, 6.07) is 19.5. The van der Waals surface area contributed by atoms with Crippen LogP contribution in [0.4, 0.5) is 11.4 Å². The van der Waals surface area contributed by atoms with Crippen molar-refractivity contribution in [3.8, 4) is 6.07 Å². The third-order valence-corrected chi connectivity index (χ3v) is 5.55. The molecule has 0 radical (unpaired) electrons. The van der Waals surface area contributed by atoms with E-state index < -0.39 is 0 Å². The second-order valence-electron chi connectivity index (χ2n) is 8.24. The summed E-state index contributed by atoms with van der Waals surface area (Å²) >= 11 is 0. The third-order valence-electron chi connectivity index (χ3n) is 5.55.